The molecule has 1 saturated carbocycles. The molecule has 0 aliphatic heterocycles. The first-order chi connectivity index (χ1) is 4.02. The van der Waals surface area contributed by atoms with Gasteiger partial charge in [0.15, 0.2) is 0 Å². The van der Waals surface area contributed by atoms with Crippen molar-refractivity contribution in [3.8, 4) is 0 Å². The average molecular weight is 169 g/mol. The van der Waals surface area contributed by atoms with E-state index in [9.17, 15) is 8.42 Å². The van der Waals surface area contributed by atoms with Gasteiger partial charge in [0.25, 0.3) is 0 Å². The second kappa shape index (κ2) is 2.13. The standard InChI is InChI=1S/C5H9ClO2S/c1-4(5-2-3-5)9(6,7)8/h4-5H,2-3H2,1H3. The SMILES string of the molecule is CC(C1CC1)S(=O)(=O)Cl. The van der Waals surface area contributed by atoms with Gasteiger partial charge in [-0.05, 0) is 25.7 Å². The maximum absolute atomic E-state index is 10.6. The third-order valence-corrected chi connectivity index (χ3v) is 3.85. The molecule has 0 bridgehead atoms. The Hall–Kier alpha value is 0.240. The first-order valence-corrected chi connectivity index (χ1v) is 5.32. The zero-order valence-electron chi connectivity index (χ0n) is 5.17. The van der Waals surface area contributed by atoms with E-state index in [2.05, 4.69) is 0 Å². The van der Waals surface area contributed by atoms with Gasteiger partial charge in [-0.1, -0.05) is 0 Å². The molecule has 0 radical (unpaired) electrons. The summed E-state index contributed by atoms with van der Waals surface area (Å²) in [6.07, 6.45) is 2.04. The lowest BCUT2D eigenvalue weighted by Crippen LogP contribution is -2.13. The fraction of sp³-hybridized carbons (Fsp3) is 1.00. The summed E-state index contributed by atoms with van der Waals surface area (Å²) in [6, 6.07) is 0. The minimum absolute atomic E-state index is 0.334. The molecule has 1 fully saturated rings. The summed E-state index contributed by atoms with van der Waals surface area (Å²) < 4.78 is 21.2. The molecule has 9 heavy (non-hydrogen) atoms. The summed E-state index contributed by atoms with van der Waals surface area (Å²) in [5, 5.41) is -0.334. The molecular weight excluding hydrogens is 160 g/mol. The Morgan fingerprint density at radius 1 is 1.56 bits per heavy atom. The summed E-state index contributed by atoms with van der Waals surface area (Å²) >= 11 is 0. The molecule has 0 aromatic rings. The van der Waals surface area contributed by atoms with Crippen molar-refractivity contribution >= 4 is 19.7 Å². The van der Waals surface area contributed by atoms with Crippen LogP contribution in [0.5, 0.6) is 0 Å². The van der Waals surface area contributed by atoms with Crippen LogP contribution in [0.2, 0.25) is 0 Å². The number of hydrogen-bond donors (Lipinski definition) is 0. The molecule has 1 aliphatic rings. The van der Waals surface area contributed by atoms with Crippen LogP contribution in [0.4, 0.5) is 0 Å². The molecule has 4 heteroatoms. The van der Waals surface area contributed by atoms with E-state index in [0.717, 1.165) is 12.8 Å². The Kier molecular flexibility index (Phi) is 1.74. The fourth-order valence-corrected chi connectivity index (χ4v) is 1.96. The third kappa shape index (κ3) is 1.83. The Labute approximate surface area is 59.6 Å². The van der Waals surface area contributed by atoms with Crippen LogP contribution in [0.15, 0.2) is 0 Å². The minimum atomic E-state index is -3.27. The van der Waals surface area contributed by atoms with E-state index in [1.807, 2.05) is 0 Å². The second-order valence-electron chi connectivity index (χ2n) is 2.52. The lowest BCUT2D eigenvalue weighted by Gasteiger charge is -2.02. The Balaban J connectivity index is 2.61. The molecule has 1 atom stereocenters. The Morgan fingerprint density at radius 2 is 2.00 bits per heavy atom. The highest BCUT2D eigenvalue weighted by atomic mass is 35.7. The number of halogens is 1. The zero-order chi connectivity index (χ0) is 7.07. The van der Waals surface area contributed by atoms with Crippen LogP contribution in [0.25, 0.3) is 0 Å². The van der Waals surface area contributed by atoms with E-state index in [-0.39, 0.29) is 5.25 Å². The molecule has 54 valence electrons. The predicted octanol–water partition coefficient (Wildman–Crippen LogP) is 1.35. The Morgan fingerprint density at radius 3 is 2.11 bits per heavy atom. The van der Waals surface area contributed by atoms with Crippen LogP contribution in [0.1, 0.15) is 19.8 Å². The van der Waals surface area contributed by atoms with Crippen molar-refractivity contribution in [2.24, 2.45) is 5.92 Å². The average Bonchev–Trinajstić information content (AvgIpc) is 2.40. The lowest BCUT2D eigenvalue weighted by atomic mass is 10.3. The van der Waals surface area contributed by atoms with E-state index in [4.69, 9.17) is 10.7 Å². The molecule has 0 N–H and O–H groups in total. The topological polar surface area (TPSA) is 34.1 Å². The normalized spacial score (nSPS) is 23.8. The molecule has 0 heterocycles. The van der Waals surface area contributed by atoms with Crippen LogP contribution in [0, 0.1) is 5.92 Å². The van der Waals surface area contributed by atoms with Crippen molar-refractivity contribution < 1.29 is 8.42 Å². The van der Waals surface area contributed by atoms with Gasteiger partial charge in [0.05, 0.1) is 5.25 Å². The van der Waals surface area contributed by atoms with E-state index in [1.165, 1.54) is 0 Å². The first-order valence-electron chi connectivity index (χ1n) is 2.95. The largest absolute Gasteiger partial charge is 0.235 e. The highest BCUT2D eigenvalue weighted by Crippen LogP contribution is 2.36. The number of rotatable bonds is 2. The summed E-state index contributed by atoms with van der Waals surface area (Å²) in [5.41, 5.74) is 0. The predicted molar refractivity (Wildman–Crippen MR) is 37.0 cm³/mol. The zero-order valence-corrected chi connectivity index (χ0v) is 6.74. The molecule has 0 aromatic carbocycles. The van der Waals surface area contributed by atoms with Gasteiger partial charge in [-0.3, -0.25) is 0 Å². The molecule has 1 rings (SSSR count). The van der Waals surface area contributed by atoms with E-state index in [1.54, 1.807) is 6.92 Å². The van der Waals surface area contributed by atoms with E-state index >= 15 is 0 Å². The van der Waals surface area contributed by atoms with Gasteiger partial charge >= 0.3 is 0 Å². The maximum atomic E-state index is 10.6. The van der Waals surface area contributed by atoms with E-state index < -0.39 is 9.05 Å². The highest BCUT2D eigenvalue weighted by molar-refractivity contribution is 8.14. The smallest absolute Gasteiger partial charge is 0.212 e. The van der Waals surface area contributed by atoms with Crippen molar-refractivity contribution in [2.75, 3.05) is 0 Å². The Bertz CT molecular complexity index is 193. The monoisotopic (exact) mass is 168 g/mol. The van der Waals surface area contributed by atoms with Crippen molar-refractivity contribution in [3.05, 3.63) is 0 Å². The molecule has 0 saturated heterocycles. The van der Waals surface area contributed by atoms with Crippen LogP contribution >= 0.6 is 10.7 Å². The van der Waals surface area contributed by atoms with Crippen molar-refractivity contribution in [1.82, 2.24) is 0 Å². The molecule has 0 aromatic heterocycles. The van der Waals surface area contributed by atoms with Crippen molar-refractivity contribution in [2.45, 2.75) is 25.0 Å². The van der Waals surface area contributed by atoms with Crippen LogP contribution in [-0.4, -0.2) is 13.7 Å². The maximum Gasteiger partial charge on any atom is 0.235 e. The van der Waals surface area contributed by atoms with Crippen molar-refractivity contribution in [3.63, 3.8) is 0 Å². The van der Waals surface area contributed by atoms with Gasteiger partial charge < -0.3 is 0 Å². The summed E-state index contributed by atoms with van der Waals surface area (Å²) in [4.78, 5) is 0. The molecular formula is C5H9ClO2S. The van der Waals surface area contributed by atoms with Gasteiger partial charge in [0.1, 0.15) is 0 Å². The van der Waals surface area contributed by atoms with E-state index in [0.29, 0.717) is 5.92 Å². The van der Waals surface area contributed by atoms with Gasteiger partial charge in [-0.2, -0.15) is 0 Å². The third-order valence-electron chi connectivity index (χ3n) is 1.73. The van der Waals surface area contributed by atoms with Crippen LogP contribution in [0.3, 0.4) is 0 Å². The molecule has 0 amide bonds. The van der Waals surface area contributed by atoms with Crippen LogP contribution in [-0.2, 0) is 9.05 Å². The van der Waals surface area contributed by atoms with Gasteiger partial charge in [-0.25, -0.2) is 8.42 Å². The minimum Gasteiger partial charge on any atom is -0.212 e. The summed E-state index contributed by atoms with van der Waals surface area (Å²) in [5.74, 6) is 0.340. The summed E-state index contributed by atoms with van der Waals surface area (Å²) in [6.45, 7) is 1.67. The molecule has 2 nitrogen and oxygen atoms in total. The second-order valence-corrected chi connectivity index (χ2v) is 5.50. The quantitative estimate of drug-likeness (QED) is 0.584. The molecule has 0 spiro atoms. The first kappa shape index (κ1) is 7.35. The summed E-state index contributed by atoms with van der Waals surface area (Å²) in [7, 11) is 1.82. The van der Waals surface area contributed by atoms with Gasteiger partial charge in [0, 0.05) is 10.7 Å². The van der Waals surface area contributed by atoms with Crippen molar-refractivity contribution in [1.29, 1.82) is 0 Å². The van der Waals surface area contributed by atoms with Crippen LogP contribution < -0.4 is 0 Å². The number of hydrogen-bond acceptors (Lipinski definition) is 2. The highest BCUT2D eigenvalue weighted by Gasteiger charge is 2.35. The van der Waals surface area contributed by atoms with Gasteiger partial charge in [0.2, 0.25) is 9.05 Å². The lowest BCUT2D eigenvalue weighted by molar-refractivity contribution is 0.589. The fourth-order valence-electron chi connectivity index (χ4n) is 0.796. The van der Waals surface area contributed by atoms with Gasteiger partial charge in [-0.15, -0.1) is 0 Å². The molecule has 1 unspecified atom stereocenters. The molecule has 1 aliphatic carbocycles.